The predicted octanol–water partition coefficient (Wildman–Crippen LogP) is 2.51. The van der Waals surface area contributed by atoms with Crippen LogP contribution in [-0.2, 0) is 6.61 Å². The van der Waals surface area contributed by atoms with Crippen molar-refractivity contribution < 1.29 is 5.11 Å². The maximum absolute atomic E-state index is 9.26. The van der Waals surface area contributed by atoms with Crippen molar-refractivity contribution >= 4 is 5.69 Å². The first-order valence-electron chi connectivity index (χ1n) is 5.96. The average Bonchev–Trinajstić information content (AvgIpc) is 2.29. The van der Waals surface area contributed by atoms with Crippen LogP contribution in [0, 0.1) is 6.92 Å². The molecule has 0 amide bonds. The number of rotatable bonds is 6. The zero-order chi connectivity index (χ0) is 12.0. The molecule has 1 heterocycles. The molecule has 90 valence electrons. The van der Waals surface area contributed by atoms with Crippen molar-refractivity contribution in [1.29, 1.82) is 0 Å². The Morgan fingerprint density at radius 2 is 2.12 bits per heavy atom. The topological polar surface area (TPSA) is 36.4 Å². The van der Waals surface area contributed by atoms with Crippen LogP contribution < -0.4 is 4.90 Å². The zero-order valence-electron chi connectivity index (χ0n) is 10.5. The first-order chi connectivity index (χ1) is 7.69. The van der Waals surface area contributed by atoms with E-state index in [1.54, 1.807) is 6.20 Å². The number of pyridine rings is 1. The molecule has 0 saturated carbocycles. The van der Waals surface area contributed by atoms with E-state index < -0.39 is 0 Å². The van der Waals surface area contributed by atoms with E-state index in [4.69, 9.17) is 0 Å². The smallest absolute Gasteiger partial charge is 0.0717 e. The van der Waals surface area contributed by atoms with Gasteiger partial charge in [-0.3, -0.25) is 4.98 Å². The number of aryl methyl sites for hydroxylation is 1. The lowest BCUT2D eigenvalue weighted by Crippen LogP contribution is -2.20. The second kappa shape index (κ2) is 6.48. The lowest BCUT2D eigenvalue weighted by atomic mass is 10.2. The Balaban J connectivity index is 2.72. The SMILES string of the molecule is CCCCCN(C)c1cc(C)ncc1CO. The van der Waals surface area contributed by atoms with Crippen LogP contribution in [-0.4, -0.2) is 23.7 Å². The van der Waals surface area contributed by atoms with Crippen molar-refractivity contribution in [2.75, 3.05) is 18.5 Å². The van der Waals surface area contributed by atoms with Gasteiger partial charge in [-0.05, 0) is 19.4 Å². The number of aliphatic hydroxyl groups excluding tert-OH is 1. The van der Waals surface area contributed by atoms with E-state index in [1.807, 2.05) is 13.0 Å². The molecule has 1 aromatic rings. The molecule has 1 rings (SSSR count). The zero-order valence-corrected chi connectivity index (χ0v) is 10.5. The van der Waals surface area contributed by atoms with E-state index in [1.165, 1.54) is 19.3 Å². The Hall–Kier alpha value is -1.09. The van der Waals surface area contributed by atoms with Gasteiger partial charge >= 0.3 is 0 Å². The lowest BCUT2D eigenvalue weighted by molar-refractivity contribution is 0.281. The van der Waals surface area contributed by atoms with Crippen molar-refractivity contribution in [1.82, 2.24) is 4.98 Å². The van der Waals surface area contributed by atoms with Crippen molar-refractivity contribution in [3.63, 3.8) is 0 Å². The fourth-order valence-corrected chi connectivity index (χ4v) is 1.77. The van der Waals surface area contributed by atoms with Gasteiger partial charge in [0.15, 0.2) is 0 Å². The predicted molar refractivity (Wildman–Crippen MR) is 67.7 cm³/mol. The minimum absolute atomic E-state index is 0.0563. The summed E-state index contributed by atoms with van der Waals surface area (Å²) in [7, 11) is 2.07. The first kappa shape index (κ1) is 13.0. The summed E-state index contributed by atoms with van der Waals surface area (Å²) >= 11 is 0. The van der Waals surface area contributed by atoms with Crippen molar-refractivity contribution in [2.24, 2.45) is 0 Å². The highest BCUT2D eigenvalue weighted by Gasteiger charge is 2.07. The van der Waals surface area contributed by atoms with Crippen LogP contribution in [0.5, 0.6) is 0 Å². The monoisotopic (exact) mass is 222 g/mol. The average molecular weight is 222 g/mol. The number of anilines is 1. The summed E-state index contributed by atoms with van der Waals surface area (Å²) in [4.78, 5) is 6.41. The number of hydrogen-bond donors (Lipinski definition) is 1. The van der Waals surface area contributed by atoms with Crippen LogP contribution >= 0.6 is 0 Å². The molecule has 16 heavy (non-hydrogen) atoms. The molecule has 0 atom stereocenters. The van der Waals surface area contributed by atoms with Crippen LogP contribution in [0.4, 0.5) is 5.69 Å². The quantitative estimate of drug-likeness (QED) is 0.751. The minimum atomic E-state index is 0.0563. The molecule has 1 N–H and O–H groups in total. The van der Waals surface area contributed by atoms with E-state index in [-0.39, 0.29) is 6.61 Å². The molecule has 0 aliphatic heterocycles. The highest BCUT2D eigenvalue weighted by molar-refractivity contribution is 5.52. The van der Waals surface area contributed by atoms with Gasteiger partial charge in [0, 0.05) is 36.7 Å². The first-order valence-corrected chi connectivity index (χ1v) is 5.96. The Labute approximate surface area is 98.1 Å². The molecule has 0 saturated heterocycles. The molecule has 0 bridgehead atoms. The molecule has 0 aliphatic rings. The molecular formula is C13H22N2O. The standard InChI is InChI=1S/C13H22N2O/c1-4-5-6-7-15(3)13-8-11(2)14-9-12(13)10-16/h8-9,16H,4-7,10H2,1-3H3. The third kappa shape index (κ3) is 3.49. The van der Waals surface area contributed by atoms with Crippen LogP contribution in [0.15, 0.2) is 12.3 Å². The molecule has 0 unspecified atom stereocenters. The van der Waals surface area contributed by atoms with Crippen LogP contribution in [0.3, 0.4) is 0 Å². The van der Waals surface area contributed by atoms with E-state index >= 15 is 0 Å². The fourth-order valence-electron chi connectivity index (χ4n) is 1.77. The summed E-state index contributed by atoms with van der Waals surface area (Å²) in [6.07, 6.45) is 5.44. The summed E-state index contributed by atoms with van der Waals surface area (Å²) in [6.45, 7) is 5.27. The van der Waals surface area contributed by atoms with Gasteiger partial charge in [-0.2, -0.15) is 0 Å². The molecule has 0 aromatic carbocycles. The maximum Gasteiger partial charge on any atom is 0.0717 e. The van der Waals surface area contributed by atoms with Crippen LogP contribution in [0.1, 0.15) is 37.4 Å². The van der Waals surface area contributed by atoms with Gasteiger partial charge in [0.2, 0.25) is 0 Å². The van der Waals surface area contributed by atoms with E-state index in [9.17, 15) is 5.11 Å². The number of nitrogens with zero attached hydrogens (tertiary/aromatic N) is 2. The van der Waals surface area contributed by atoms with Gasteiger partial charge in [-0.15, -0.1) is 0 Å². The second-order valence-corrected chi connectivity index (χ2v) is 4.24. The number of hydrogen-bond acceptors (Lipinski definition) is 3. The Morgan fingerprint density at radius 3 is 2.75 bits per heavy atom. The maximum atomic E-state index is 9.26. The van der Waals surface area contributed by atoms with E-state index in [2.05, 4.69) is 23.9 Å². The summed E-state index contributed by atoms with van der Waals surface area (Å²) < 4.78 is 0. The molecule has 1 aromatic heterocycles. The highest BCUT2D eigenvalue weighted by atomic mass is 16.3. The van der Waals surface area contributed by atoms with Crippen molar-refractivity contribution in [3.05, 3.63) is 23.5 Å². The van der Waals surface area contributed by atoms with Gasteiger partial charge in [-0.1, -0.05) is 19.8 Å². The number of unbranched alkanes of at least 4 members (excludes halogenated alkanes) is 2. The molecule has 0 radical (unpaired) electrons. The third-order valence-corrected chi connectivity index (χ3v) is 2.78. The second-order valence-electron chi connectivity index (χ2n) is 4.24. The number of aromatic nitrogens is 1. The largest absolute Gasteiger partial charge is 0.392 e. The Bertz CT molecular complexity index is 326. The molecule has 0 aliphatic carbocycles. The van der Waals surface area contributed by atoms with Crippen LogP contribution in [0.2, 0.25) is 0 Å². The molecule has 0 spiro atoms. The molecule has 3 heteroatoms. The van der Waals surface area contributed by atoms with Crippen molar-refractivity contribution in [2.45, 2.75) is 39.7 Å². The summed E-state index contributed by atoms with van der Waals surface area (Å²) in [5.41, 5.74) is 3.00. The molecule has 0 fully saturated rings. The van der Waals surface area contributed by atoms with E-state index in [0.717, 1.165) is 23.5 Å². The third-order valence-electron chi connectivity index (χ3n) is 2.78. The minimum Gasteiger partial charge on any atom is -0.392 e. The fraction of sp³-hybridized carbons (Fsp3) is 0.615. The summed E-state index contributed by atoms with van der Waals surface area (Å²) in [6, 6.07) is 2.04. The van der Waals surface area contributed by atoms with Gasteiger partial charge in [0.05, 0.1) is 6.61 Å². The molecule has 3 nitrogen and oxygen atoms in total. The Morgan fingerprint density at radius 1 is 1.38 bits per heavy atom. The van der Waals surface area contributed by atoms with E-state index in [0.29, 0.717) is 0 Å². The van der Waals surface area contributed by atoms with Gasteiger partial charge < -0.3 is 10.0 Å². The molecular weight excluding hydrogens is 200 g/mol. The van der Waals surface area contributed by atoms with Crippen molar-refractivity contribution in [3.8, 4) is 0 Å². The van der Waals surface area contributed by atoms with Gasteiger partial charge in [-0.25, -0.2) is 0 Å². The highest BCUT2D eigenvalue weighted by Crippen LogP contribution is 2.20. The summed E-state index contributed by atoms with van der Waals surface area (Å²) in [5, 5.41) is 9.26. The number of aliphatic hydroxyl groups is 1. The van der Waals surface area contributed by atoms with Gasteiger partial charge in [0.25, 0.3) is 0 Å². The lowest BCUT2D eigenvalue weighted by Gasteiger charge is -2.22. The van der Waals surface area contributed by atoms with Gasteiger partial charge in [0.1, 0.15) is 0 Å². The van der Waals surface area contributed by atoms with Crippen LogP contribution in [0.25, 0.3) is 0 Å². The Kier molecular flexibility index (Phi) is 5.26. The summed E-state index contributed by atoms with van der Waals surface area (Å²) in [5.74, 6) is 0. The normalized spacial score (nSPS) is 10.5.